The van der Waals surface area contributed by atoms with Gasteiger partial charge >= 0.3 is 0 Å². The number of nitrogens with one attached hydrogen (secondary N) is 1. The Hall–Kier alpha value is -0.640. The van der Waals surface area contributed by atoms with E-state index in [1.807, 2.05) is 13.8 Å². The molecule has 4 heteroatoms. The van der Waals surface area contributed by atoms with Crippen molar-refractivity contribution >= 4 is 23.1 Å². The van der Waals surface area contributed by atoms with Crippen LogP contribution in [0.2, 0.25) is 0 Å². The maximum atomic E-state index is 11.5. The molecule has 80 valence electrons. The van der Waals surface area contributed by atoms with Crippen molar-refractivity contribution in [1.82, 2.24) is 5.32 Å². The van der Waals surface area contributed by atoms with E-state index >= 15 is 0 Å². The van der Waals surface area contributed by atoms with Crippen molar-refractivity contribution < 1.29 is 4.79 Å². The molecule has 1 aliphatic carbocycles. The summed E-state index contributed by atoms with van der Waals surface area (Å²) in [5.74, 6) is 0.643. The minimum Gasteiger partial charge on any atom is -0.391 e. The third kappa shape index (κ3) is 2.94. The van der Waals surface area contributed by atoms with Crippen LogP contribution in [0.25, 0.3) is 0 Å². The van der Waals surface area contributed by atoms with Crippen molar-refractivity contribution in [3.8, 4) is 0 Å². The fourth-order valence-corrected chi connectivity index (χ4v) is 1.47. The van der Waals surface area contributed by atoms with Crippen molar-refractivity contribution in [3.05, 3.63) is 0 Å². The molecule has 0 bridgehead atoms. The number of amides is 1. The summed E-state index contributed by atoms with van der Waals surface area (Å²) < 4.78 is 0. The number of nitrogens with two attached hydrogens (primary N) is 1. The highest BCUT2D eigenvalue weighted by atomic mass is 32.1. The van der Waals surface area contributed by atoms with E-state index in [0.29, 0.717) is 17.3 Å². The van der Waals surface area contributed by atoms with Gasteiger partial charge < -0.3 is 11.1 Å². The molecule has 3 N–H and O–H groups in total. The minimum absolute atomic E-state index is 0.0625. The molecule has 0 spiro atoms. The SMILES string of the molecule is CC(C)(NC(=O)CC1CCC1)C(N)=S. The highest BCUT2D eigenvalue weighted by Gasteiger charge is 2.26. The van der Waals surface area contributed by atoms with Crippen LogP contribution in [0.5, 0.6) is 0 Å². The lowest BCUT2D eigenvalue weighted by molar-refractivity contribution is -0.123. The van der Waals surface area contributed by atoms with Gasteiger partial charge in [0, 0.05) is 6.42 Å². The molecule has 14 heavy (non-hydrogen) atoms. The Bertz CT molecular complexity index is 247. The van der Waals surface area contributed by atoms with E-state index in [2.05, 4.69) is 5.32 Å². The normalized spacial score (nSPS) is 17.3. The first-order chi connectivity index (χ1) is 6.42. The van der Waals surface area contributed by atoms with Gasteiger partial charge in [-0.2, -0.15) is 0 Å². The monoisotopic (exact) mass is 214 g/mol. The van der Waals surface area contributed by atoms with Crippen molar-refractivity contribution in [2.24, 2.45) is 11.7 Å². The van der Waals surface area contributed by atoms with Gasteiger partial charge in [-0.05, 0) is 32.6 Å². The second kappa shape index (κ2) is 4.26. The van der Waals surface area contributed by atoms with Crippen LogP contribution in [0.3, 0.4) is 0 Å². The fourth-order valence-electron chi connectivity index (χ4n) is 1.42. The van der Waals surface area contributed by atoms with Crippen LogP contribution < -0.4 is 11.1 Å². The maximum absolute atomic E-state index is 11.5. The molecular weight excluding hydrogens is 196 g/mol. The lowest BCUT2D eigenvalue weighted by atomic mass is 9.82. The lowest BCUT2D eigenvalue weighted by Crippen LogP contribution is -2.52. The number of carbonyl (C=O) groups is 1. The van der Waals surface area contributed by atoms with E-state index in [1.165, 1.54) is 19.3 Å². The lowest BCUT2D eigenvalue weighted by Gasteiger charge is -2.29. The van der Waals surface area contributed by atoms with Gasteiger partial charge in [-0.25, -0.2) is 0 Å². The highest BCUT2D eigenvalue weighted by molar-refractivity contribution is 7.80. The summed E-state index contributed by atoms with van der Waals surface area (Å²) in [5, 5.41) is 2.85. The molecule has 1 amide bonds. The summed E-state index contributed by atoms with van der Waals surface area (Å²) in [4.78, 5) is 11.9. The molecule has 0 aromatic carbocycles. The van der Waals surface area contributed by atoms with Crippen LogP contribution in [-0.4, -0.2) is 16.4 Å². The third-order valence-electron chi connectivity index (χ3n) is 2.77. The Morgan fingerprint density at radius 3 is 2.50 bits per heavy atom. The van der Waals surface area contributed by atoms with Gasteiger partial charge in [-0.3, -0.25) is 4.79 Å². The molecule has 0 atom stereocenters. The molecule has 1 fully saturated rings. The van der Waals surface area contributed by atoms with Gasteiger partial charge in [0.25, 0.3) is 0 Å². The van der Waals surface area contributed by atoms with Gasteiger partial charge in [0.05, 0.1) is 10.5 Å². The average Bonchev–Trinajstić information content (AvgIpc) is 1.96. The maximum Gasteiger partial charge on any atom is 0.221 e. The zero-order valence-electron chi connectivity index (χ0n) is 8.80. The molecule has 0 aromatic heterocycles. The molecule has 1 saturated carbocycles. The molecule has 0 aromatic rings. The van der Waals surface area contributed by atoms with Crippen LogP contribution in [0.1, 0.15) is 39.5 Å². The zero-order valence-corrected chi connectivity index (χ0v) is 9.62. The molecular formula is C10H18N2OS. The Kier molecular flexibility index (Phi) is 3.48. The van der Waals surface area contributed by atoms with E-state index in [1.54, 1.807) is 0 Å². The fraction of sp³-hybridized carbons (Fsp3) is 0.800. The van der Waals surface area contributed by atoms with Crippen LogP contribution in [0.15, 0.2) is 0 Å². The van der Waals surface area contributed by atoms with Crippen LogP contribution in [0.4, 0.5) is 0 Å². The third-order valence-corrected chi connectivity index (χ3v) is 3.28. The van der Waals surface area contributed by atoms with Crippen LogP contribution in [-0.2, 0) is 4.79 Å². The highest BCUT2D eigenvalue weighted by Crippen LogP contribution is 2.29. The summed E-state index contributed by atoms with van der Waals surface area (Å²) in [6.45, 7) is 3.65. The second-order valence-electron chi connectivity index (χ2n) is 4.54. The first-order valence-electron chi connectivity index (χ1n) is 5.03. The first kappa shape index (κ1) is 11.4. The van der Waals surface area contributed by atoms with Gasteiger partial charge in [0.2, 0.25) is 5.91 Å². The van der Waals surface area contributed by atoms with Crippen molar-refractivity contribution in [2.75, 3.05) is 0 Å². The predicted molar refractivity (Wildman–Crippen MR) is 61.0 cm³/mol. The van der Waals surface area contributed by atoms with Gasteiger partial charge in [-0.15, -0.1) is 0 Å². The summed E-state index contributed by atoms with van der Waals surface area (Å²) in [6, 6.07) is 0. The van der Waals surface area contributed by atoms with E-state index < -0.39 is 5.54 Å². The van der Waals surface area contributed by atoms with Crippen molar-refractivity contribution in [3.63, 3.8) is 0 Å². The van der Waals surface area contributed by atoms with Crippen LogP contribution in [0, 0.1) is 5.92 Å². The number of hydrogen-bond donors (Lipinski definition) is 2. The topological polar surface area (TPSA) is 55.1 Å². The minimum atomic E-state index is -0.559. The van der Waals surface area contributed by atoms with Gasteiger partial charge in [0.15, 0.2) is 0 Å². The van der Waals surface area contributed by atoms with E-state index in [9.17, 15) is 4.79 Å². The van der Waals surface area contributed by atoms with Crippen molar-refractivity contribution in [1.29, 1.82) is 0 Å². The molecule has 0 unspecified atom stereocenters. The van der Waals surface area contributed by atoms with Gasteiger partial charge in [0.1, 0.15) is 0 Å². The molecule has 3 nitrogen and oxygen atoms in total. The van der Waals surface area contributed by atoms with Crippen molar-refractivity contribution in [2.45, 2.75) is 45.1 Å². The quantitative estimate of drug-likeness (QED) is 0.695. The number of thiocarbonyl (C=S) groups is 1. The zero-order chi connectivity index (χ0) is 10.8. The molecule has 0 radical (unpaired) electrons. The molecule has 0 aliphatic heterocycles. The summed E-state index contributed by atoms with van der Waals surface area (Å²) >= 11 is 4.87. The smallest absolute Gasteiger partial charge is 0.221 e. The molecule has 1 rings (SSSR count). The first-order valence-corrected chi connectivity index (χ1v) is 5.43. The Balaban J connectivity index is 2.35. The van der Waals surface area contributed by atoms with E-state index in [-0.39, 0.29) is 5.91 Å². The summed E-state index contributed by atoms with van der Waals surface area (Å²) in [7, 11) is 0. The standard InChI is InChI=1S/C10H18N2OS/c1-10(2,9(11)14)12-8(13)6-7-4-3-5-7/h7H,3-6H2,1-2H3,(H2,11,14)(H,12,13). The van der Waals surface area contributed by atoms with E-state index in [0.717, 1.165) is 0 Å². The molecule has 1 aliphatic rings. The number of carbonyl (C=O) groups excluding carboxylic acids is 1. The predicted octanol–water partition coefficient (Wildman–Crippen LogP) is 1.36. The van der Waals surface area contributed by atoms with Crippen LogP contribution >= 0.6 is 12.2 Å². The Morgan fingerprint density at radius 1 is 1.57 bits per heavy atom. The average molecular weight is 214 g/mol. The Morgan fingerprint density at radius 2 is 2.14 bits per heavy atom. The van der Waals surface area contributed by atoms with Gasteiger partial charge in [-0.1, -0.05) is 18.6 Å². The summed E-state index contributed by atoms with van der Waals surface area (Å²) in [6.07, 6.45) is 4.24. The Labute approximate surface area is 90.4 Å². The van der Waals surface area contributed by atoms with E-state index in [4.69, 9.17) is 18.0 Å². The molecule has 0 heterocycles. The number of hydrogen-bond acceptors (Lipinski definition) is 2. The summed E-state index contributed by atoms with van der Waals surface area (Å²) in [5.41, 5.74) is 4.95. The molecule has 0 saturated heterocycles. The largest absolute Gasteiger partial charge is 0.391 e. The second-order valence-corrected chi connectivity index (χ2v) is 4.98. The number of rotatable bonds is 4.